The van der Waals surface area contributed by atoms with Crippen LogP contribution in [0.2, 0.25) is 0 Å². The zero-order chi connectivity index (χ0) is 11.8. The van der Waals surface area contributed by atoms with E-state index in [4.69, 9.17) is 0 Å². The molecule has 1 aromatic rings. The summed E-state index contributed by atoms with van der Waals surface area (Å²) < 4.78 is 14.2. The highest BCUT2D eigenvalue weighted by Crippen LogP contribution is 2.32. The maximum atomic E-state index is 14.2. The van der Waals surface area contributed by atoms with Crippen LogP contribution >= 0.6 is 0 Å². The molecule has 0 unspecified atom stereocenters. The van der Waals surface area contributed by atoms with Crippen LogP contribution in [0.15, 0.2) is 6.33 Å². The minimum absolute atomic E-state index is 0.234. The van der Waals surface area contributed by atoms with E-state index in [0.29, 0.717) is 29.9 Å². The summed E-state index contributed by atoms with van der Waals surface area (Å²) >= 11 is 0. The molecule has 1 aromatic heterocycles. The largest absolute Gasteiger partial charge is 0.349 e. The van der Waals surface area contributed by atoms with Crippen LogP contribution in [0.3, 0.4) is 0 Å². The molecule has 2 atom stereocenters. The van der Waals surface area contributed by atoms with Gasteiger partial charge in [-0.15, -0.1) is 0 Å². The van der Waals surface area contributed by atoms with E-state index in [-0.39, 0.29) is 5.82 Å². The van der Waals surface area contributed by atoms with Gasteiger partial charge in [-0.1, -0.05) is 6.92 Å². The Hall–Kier alpha value is -1.23. The second-order valence-electron chi connectivity index (χ2n) is 4.78. The first kappa shape index (κ1) is 10.9. The van der Waals surface area contributed by atoms with Crippen molar-refractivity contribution in [3.05, 3.63) is 17.8 Å². The van der Waals surface area contributed by atoms with Gasteiger partial charge in [0.1, 0.15) is 6.33 Å². The van der Waals surface area contributed by atoms with Gasteiger partial charge in [0.2, 0.25) is 0 Å². The minimum Gasteiger partial charge on any atom is -0.349 e. The molecule has 3 heterocycles. The van der Waals surface area contributed by atoms with Gasteiger partial charge in [0.15, 0.2) is 11.6 Å². The molecule has 0 aliphatic carbocycles. The fourth-order valence-electron chi connectivity index (χ4n) is 2.95. The number of aromatic nitrogens is 2. The molecule has 2 saturated heterocycles. The number of hydrogen-bond acceptors (Lipinski definition) is 4. The third-order valence-electron chi connectivity index (χ3n) is 3.90. The Morgan fingerprint density at radius 2 is 2.35 bits per heavy atom. The Morgan fingerprint density at radius 3 is 3.18 bits per heavy atom. The van der Waals surface area contributed by atoms with Crippen molar-refractivity contribution in [1.82, 2.24) is 15.3 Å². The zero-order valence-electron chi connectivity index (χ0n) is 9.99. The van der Waals surface area contributed by atoms with Crippen LogP contribution < -0.4 is 10.2 Å². The van der Waals surface area contributed by atoms with Gasteiger partial charge in [-0.05, 0) is 18.8 Å². The fourth-order valence-corrected chi connectivity index (χ4v) is 2.95. The van der Waals surface area contributed by atoms with Crippen molar-refractivity contribution < 1.29 is 4.39 Å². The van der Waals surface area contributed by atoms with Gasteiger partial charge in [-0.3, -0.25) is 0 Å². The third-order valence-corrected chi connectivity index (χ3v) is 3.90. The minimum atomic E-state index is -0.234. The summed E-state index contributed by atoms with van der Waals surface area (Å²) in [6.45, 7) is 4.82. The lowest BCUT2D eigenvalue weighted by Crippen LogP contribution is -2.35. The summed E-state index contributed by atoms with van der Waals surface area (Å²) in [5.41, 5.74) is 0.518. The zero-order valence-corrected chi connectivity index (χ0v) is 9.99. The lowest BCUT2D eigenvalue weighted by Gasteiger charge is -2.25. The highest BCUT2D eigenvalue weighted by Gasteiger charge is 2.39. The van der Waals surface area contributed by atoms with Crippen molar-refractivity contribution >= 4 is 5.82 Å². The number of rotatable bonds is 2. The summed E-state index contributed by atoms with van der Waals surface area (Å²) in [5.74, 6) is 0.907. The number of halogens is 1. The van der Waals surface area contributed by atoms with Crippen LogP contribution in [0.25, 0.3) is 0 Å². The summed E-state index contributed by atoms with van der Waals surface area (Å²) in [4.78, 5) is 10.2. The van der Waals surface area contributed by atoms with Gasteiger partial charge >= 0.3 is 0 Å². The van der Waals surface area contributed by atoms with E-state index in [0.717, 1.165) is 26.1 Å². The van der Waals surface area contributed by atoms with Gasteiger partial charge < -0.3 is 10.2 Å². The van der Waals surface area contributed by atoms with E-state index in [1.807, 2.05) is 6.92 Å². The van der Waals surface area contributed by atoms with Crippen molar-refractivity contribution in [3.8, 4) is 0 Å². The molecule has 3 rings (SSSR count). The standard InChI is InChI=1S/C12H17FN4/c1-2-9-11(13)12(16-7-15-9)17-4-3-8-5-14-6-10(8)17/h7-8,10,14H,2-6H2,1H3/t8-,10+/m0/s1. The molecule has 0 amide bonds. The Kier molecular flexibility index (Phi) is 2.70. The van der Waals surface area contributed by atoms with E-state index in [1.54, 1.807) is 0 Å². The van der Waals surface area contributed by atoms with Crippen LogP contribution in [-0.2, 0) is 6.42 Å². The molecule has 2 fully saturated rings. The van der Waals surface area contributed by atoms with Crippen molar-refractivity contribution in [3.63, 3.8) is 0 Å². The number of hydrogen-bond donors (Lipinski definition) is 1. The second kappa shape index (κ2) is 4.22. The highest BCUT2D eigenvalue weighted by molar-refractivity contribution is 5.44. The first-order valence-corrected chi connectivity index (χ1v) is 6.28. The van der Waals surface area contributed by atoms with Crippen molar-refractivity contribution in [1.29, 1.82) is 0 Å². The van der Waals surface area contributed by atoms with E-state index < -0.39 is 0 Å². The molecule has 92 valence electrons. The lowest BCUT2D eigenvalue weighted by atomic mass is 10.1. The average molecular weight is 236 g/mol. The molecular formula is C12H17FN4. The summed E-state index contributed by atoms with van der Waals surface area (Å²) in [7, 11) is 0. The predicted octanol–water partition coefficient (Wildman–Crippen LogP) is 0.976. The maximum absolute atomic E-state index is 14.2. The molecule has 5 heteroatoms. The molecule has 0 bridgehead atoms. The van der Waals surface area contributed by atoms with Crippen LogP contribution in [-0.4, -0.2) is 35.6 Å². The number of fused-ring (bicyclic) bond motifs is 1. The maximum Gasteiger partial charge on any atom is 0.187 e. The summed E-state index contributed by atoms with van der Waals surface area (Å²) in [6.07, 6.45) is 3.22. The van der Waals surface area contributed by atoms with Gasteiger partial charge in [0, 0.05) is 25.7 Å². The Balaban J connectivity index is 1.94. The van der Waals surface area contributed by atoms with Crippen molar-refractivity contribution in [2.75, 3.05) is 24.5 Å². The number of aryl methyl sites for hydroxylation is 1. The molecule has 4 nitrogen and oxygen atoms in total. The first-order valence-electron chi connectivity index (χ1n) is 6.28. The Morgan fingerprint density at radius 1 is 1.47 bits per heavy atom. The molecule has 1 N–H and O–H groups in total. The van der Waals surface area contributed by atoms with E-state index >= 15 is 0 Å². The SMILES string of the molecule is CCc1ncnc(N2CC[C@H]3CNC[C@H]32)c1F. The molecule has 2 aliphatic rings. The van der Waals surface area contributed by atoms with Gasteiger partial charge in [-0.25, -0.2) is 14.4 Å². The third kappa shape index (κ3) is 1.69. The number of nitrogens with zero attached hydrogens (tertiary/aromatic N) is 3. The second-order valence-corrected chi connectivity index (χ2v) is 4.78. The molecule has 0 radical (unpaired) electrons. The van der Waals surface area contributed by atoms with E-state index in [9.17, 15) is 4.39 Å². The fraction of sp³-hybridized carbons (Fsp3) is 0.667. The van der Waals surface area contributed by atoms with Crippen molar-refractivity contribution in [2.45, 2.75) is 25.8 Å². The van der Waals surface area contributed by atoms with E-state index in [1.165, 1.54) is 6.33 Å². The summed E-state index contributed by atoms with van der Waals surface area (Å²) in [5, 5.41) is 3.36. The first-order chi connectivity index (χ1) is 8.31. The predicted molar refractivity (Wildman–Crippen MR) is 63.5 cm³/mol. The molecule has 0 spiro atoms. The molecule has 2 aliphatic heterocycles. The van der Waals surface area contributed by atoms with Gasteiger partial charge in [0.05, 0.1) is 5.69 Å². The Labute approximate surface area is 100 Å². The molecule has 0 aromatic carbocycles. The van der Waals surface area contributed by atoms with E-state index in [2.05, 4.69) is 20.2 Å². The van der Waals surface area contributed by atoms with Gasteiger partial charge in [-0.2, -0.15) is 0 Å². The number of anilines is 1. The normalized spacial score (nSPS) is 27.5. The van der Waals surface area contributed by atoms with Crippen LogP contribution in [0.1, 0.15) is 19.0 Å². The molecule has 0 saturated carbocycles. The smallest absolute Gasteiger partial charge is 0.187 e. The van der Waals surface area contributed by atoms with Crippen LogP contribution in [0.4, 0.5) is 10.2 Å². The van der Waals surface area contributed by atoms with Crippen LogP contribution in [0.5, 0.6) is 0 Å². The lowest BCUT2D eigenvalue weighted by molar-refractivity contribution is 0.557. The summed E-state index contributed by atoms with van der Waals surface area (Å²) in [6, 6.07) is 0.407. The van der Waals surface area contributed by atoms with Crippen molar-refractivity contribution in [2.24, 2.45) is 5.92 Å². The topological polar surface area (TPSA) is 41.1 Å². The van der Waals surface area contributed by atoms with Gasteiger partial charge in [0.25, 0.3) is 0 Å². The Bertz CT molecular complexity index is 423. The number of nitrogens with one attached hydrogen (secondary N) is 1. The monoisotopic (exact) mass is 236 g/mol. The average Bonchev–Trinajstić information content (AvgIpc) is 2.92. The highest BCUT2D eigenvalue weighted by atomic mass is 19.1. The molecule has 17 heavy (non-hydrogen) atoms. The quantitative estimate of drug-likeness (QED) is 0.831. The molecular weight excluding hydrogens is 219 g/mol. The van der Waals surface area contributed by atoms with Crippen LogP contribution in [0, 0.1) is 11.7 Å².